The van der Waals surface area contributed by atoms with E-state index in [-0.39, 0.29) is 11.7 Å². The van der Waals surface area contributed by atoms with E-state index >= 15 is 0 Å². The molecule has 86 valence electrons. The Morgan fingerprint density at radius 3 is 2.50 bits per heavy atom. The van der Waals surface area contributed by atoms with Gasteiger partial charge in [0.2, 0.25) is 0 Å². The van der Waals surface area contributed by atoms with Crippen LogP contribution in [-0.4, -0.2) is 16.2 Å². The second kappa shape index (κ2) is 3.51. The summed E-state index contributed by atoms with van der Waals surface area (Å²) >= 11 is 0. The average Bonchev–Trinajstić information content (AvgIpc) is 2.94. The Balaban J connectivity index is 2.45. The fourth-order valence-electron chi connectivity index (χ4n) is 2.61. The van der Waals surface area contributed by atoms with Crippen LogP contribution in [-0.2, 0) is 10.2 Å². The molecule has 0 amide bonds. The standard InChI is InChI=1S/C13H16O3/c1-8(2)10-7-13(10,12(15)16)9-5-3-4-6-11(9)14/h3-6,8,10,14H,7H2,1-2H3,(H,15,16). The van der Waals surface area contributed by atoms with E-state index in [2.05, 4.69) is 0 Å². The van der Waals surface area contributed by atoms with Crippen molar-refractivity contribution in [2.75, 3.05) is 0 Å². The number of phenols is 1. The van der Waals surface area contributed by atoms with Gasteiger partial charge in [0, 0.05) is 5.56 Å². The molecule has 2 atom stereocenters. The number of carboxylic acids is 1. The first-order valence-electron chi connectivity index (χ1n) is 5.52. The summed E-state index contributed by atoms with van der Waals surface area (Å²) in [6, 6.07) is 6.75. The maximum atomic E-state index is 11.4. The summed E-state index contributed by atoms with van der Waals surface area (Å²) in [5, 5.41) is 19.2. The third kappa shape index (κ3) is 1.39. The van der Waals surface area contributed by atoms with Gasteiger partial charge >= 0.3 is 5.97 Å². The van der Waals surface area contributed by atoms with E-state index in [1.807, 2.05) is 13.8 Å². The smallest absolute Gasteiger partial charge is 0.314 e. The number of benzene rings is 1. The van der Waals surface area contributed by atoms with Crippen LogP contribution in [0.1, 0.15) is 25.8 Å². The summed E-state index contributed by atoms with van der Waals surface area (Å²) in [6.45, 7) is 4.05. The van der Waals surface area contributed by atoms with Crippen LogP contribution in [0.2, 0.25) is 0 Å². The molecule has 0 spiro atoms. The van der Waals surface area contributed by atoms with Crippen molar-refractivity contribution < 1.29 is 15.0 Å². The van der Waals surface area contributed by atoms with E-state index in [1.165, 1.54) is 0 Å². The second-order valence-electron chi connectivity index (χ2n) is 4.85. The van der Waals surface area contributed by atoms with Crippen LogP contribution in [0, 0.1) is 11.8 Å². The normalized spacial score (nSPS) is 28.1. The van der Waals surface area contributed by atoms with Crippen molar-refractivity contribution in [1.29, 1.82) is 0 Å². The van der Waals surface area contributed by atoms with Gasteiger partial charge in [-0.25, -0.2) is 0 Å². The molecule has 3 nitrogen and oxygen atoms in total. The van der Waals surface area contributed by atoms with Gasteiger partial charge in [0.15, 0.2) is 0 Å². The summed E-state index contributed by atoms with van der Waals surface area (Å²) in [7, 11) is 0. The Labute approximate surface area is 94.7 Å². The van der Waals surface area contributed by atoms with Crippen molar-refractivity contribution in [3.05, 3.63) is 29.8 Å². The van der Waals surface area contributed by atoms with Gasteiger partial charge in [-0.3, -0.25) is 4.79 Å². The van der Waals surface area contributed by atoms with Gasteiger partial charge in [-0.1, -0.05) is 32.0 Å². The SMILES string of the molecule is CC(C)C1CC1(C(=O)O)c1ccccc1O. The first kappa shape index (κ1) is 11.0. The molecule has 1 aliphatic carbocycles. The fraction of sp³-hybridized carbons (Fsp3) is 0.462. The summed E-state index contributed by atoms with van der Waals surface area (Å²) in [5.41, 5.74) is -0.305. The number of hydrogen-bond acceptors (Lipinski definition) is 2. The lowest BCUT2D eigenvalue weighted by molar-refractivity contribution is -0.140. The Morgan fingerprint density at radius 1 is 1.44 bits per heavy atom. The van der Waals surface area contributed by atoms with Crippen LogP contribution < -0.4 is 0 Å². The van der Waals surface area contributed by atoms with Crippen LogP contribution in [0.5, 0.6) is 5.75 Å². The first-order chi connectivity index (χ1) is 7.50. The number of carboxylic acid groups (broad SMARTS) is 1. The average molecular weight is 220 g/mol. The number of para-hydroxylation sites is 1. The van der Waals surface area contributed by atoms with Crippen LogP contribution in [0.3, 0.4) is 0 Å². The maximum Gasteiger partial charge on any atom is 0.314 e. The topological polar surface area (TPSA) is 57.5 Å². The predicted molar refractivity (Wildman–Crippen MR) is 60.4 cm³/mol. The molecule has 1 aromatic rings. The lowest BCUT2D eigenvalue weighted by Gasteiger charge is -2.16. The molecule has 0 aliphatic heterocycles. The molecule has 1 saturated carbocycles. The number of phenolic OH excluding ortho intramolecular Hbond substituents is 1. The molecular formula is C13H16O3. The molecule has 1 fully saturated rings. The Hall–Kier alpha value is -1.51. The third-order valence-electron chi connectivity index (χ3n) is 3.59. The quantitative estimate of drug-likeness (QED) is 0.822. The molecule has 16 heavy (non-hydrogen) atoms. The number of aliphatic carboxylic acids is 1. The maximum absolute atomic E-state index is 11.4. The Morgan fingerprint density at radius 2 is 2.06 bits per heavy atom. The molecule has 1 aliphatic rings. The van der Waals surface area contributed by atoms with Gasteiger partial charge in [0.25, 0.3) is 0 Å². The van der Waals surface area contributed by atoms with Crippen LogP contribution in [0.15, 0.2) is 24.3 Å². The summed E-state index contributed by atoms with van der Waals surface area (Å²) in [6.07, 6.45) is 0.623. The molecular weight excluding hydrogens is 204 g/mol. The number of aromatic hydroxyl groups is 1. The third-order valence-corrected chi connectivity index (χ3v) is 3.59. The largest absolute Gasteiger partial charge is 0.508 e. The van der Waals surface area contributed by atoms with Gasteiger partial charge in [-0.05, 0) is 24.3 Å². The number of rotatable bonds is 3. The van der Waals surface area contributed by atoms with Crippen molar-refractivity contribution in [3.63, 3.8) is 0 Å². The lowest BCUT2D eigenvalue weighted by atomic mass is 9.89. The highest BCUT2D eigenvalue weighted by atomic mass is 16.4. The second-order valence-corrected chi connectivity index (χ2v) is 4.85. The molecule has 2 unspecified atom stereocenters. The van der Waals surface area contributed by atoms with E-state index in [0.29, 0.717) is 17.9 Å². The van der Waals surface area contributed by atoms with Crippen LogP contribution in [0.25, 0.3) is 0 Å². The Bertz CT molecular complexity index is 425. The van der Waals surface area contributed by atoms with Gasteiger partial charge in [-0.15, -0.1) is 0 Å². The zero-order valence-corrected chi connectivity index (χ0v) is 9.47. The van der Waals surface area contributed by atoms with Crippen molar-refractivity contribution >= 4 is 5.97 Å². The minimum absolute atomic E-state index is 0.0908. The highest BCUT2D eigenvalue weighted by molar-refractivity contribution is 5.87. The molecule has 3 heteroatoms. The van der Waals surface area contributed by atoms with Crippen molar-refractivity contribution in [1.82, 2.24) is 0 Å². The molecule has 0 radical (unpaired) electrons. The zero-order valence-electron chi connectivity index (χ0n) is 9.47. The van der Waals surface area contributed by atoms with Crippen molar-refractivity contribution in [2.24, 2.45) is 11.8 Å². The minimum Gasteiger partial charge on any atom is -0.508 e. The van der Waals surface area contributed by atoms with Gasteiger partial charge in [0.1, 0.15) is 5.75 Å². The van der Waals surface area contributed by atoms with E-state index in [9.17, 15) is 15.0 Å². The monoisotopic (exact) mass is 220 g/mol. The minimum atomic E-state index is -0.862. The highest BCUT2D eigenvalue weighted by Crippen LogP contribution is 2.59. The highest BCUT2D eigenvalue weighted by Gasteiger charge is 2.63. The van der Waals surface area contributed by atoms with Crippen LogP contribution >= 0.6 is 0 Å². The molecule has 2 N–H and O–H groups in total. The summed E-state index contributed by atoms with van der Waals surface area (Å²) in [5.74, 6) is -0.297. The number of carbonyl (C=O) groups is 1. The van der Waals surface area contributed by atoms with Gasteiger partial charge in [0.05, 0.1) is 5.41 Å². The number of hydrogen-bond donors (Lipinski definition) is 2. The predicted octanol–water partition coefficient (Wildman–Crippen LogP) is 2.39. The van der Waals surface area contributed by atoms with Crippen molar-refractivity contribution in [3.8, 4) is 5.75 Å². The van der Waals surface area contributed by atoms with E-state index in [0.717, 1.165) is 0 Å². The molecule has 0 aromatic heterocycles. The lowest BCUT2D eigenvalue weighted by Crippen LogP contribution is -2.24. The van der Waals surface area contributed by atoms with E-state index < -0.39 is 11.4 Å². The van der Waals surface area contributed by atoms with E-state index in [4.69, 9.17) is 0 Å². The fourth-order valence-corrected chi connectivity index (χ4v) is 2.61. The first-order valence-corrected chi connectivity index (χ1v) is 5.52. The molecule has 2 rings (SSSR count). The summed E-state index contributed by atoms with van der Waals surface area (Å²) < 4.78 is 0. The Kier molecular flexibility index (Phi) is 2.41. The molecule has 0 heterocycles. The molecule has 0 saturated heterocycles. The van der Waals surface area contributed by atoms with Gasteiger partial charge < -0.3 is 10.2 Å². The van der Waals surface area contributed by atoms with Crippen molar-refractivity contribution in [2.45, 2.75) is 25.7 Å². The zero-order chi connectivity index (χ0) is 11.9. The summed E-state index contributed by atoms with van der Waals surface area (Å²) in [4.78, 5) is 11.4. The van der Waals surface area contributed by atoms with Gasteiger partial charge in [-0.2, -0.15) is 0 Å². The van der Waals surface area contributed by atoms with E-state index in [1.54, 1.807) is 24.3 Å². The molecule has 0 bridgehead atoms. The molecule has 1 aromatic carbocycles. The van der Waals surface area contributed by atoms with Crippen LogP contribution in [0.4, 0.5) is 0 Å².